The zero-order chi connectivity index (χ0) is 15.9. The molecule has 1 unspecified atom stereocenters. The predicted molar refractivity (Wildman–Crippen MR) is 88.5 cm³/mol. The minimum atomic E-state index is -0.708. The second kappa shape index (κ2) is 7.26. The molecule has 2 aromatic rings. The number of para-hydroxylation sites is 2. The number of hydrogen-bond acceptors (Lipinski definition) is 4. The number of amides is 1. The number of fused-ring (bicyclic) bond motifs is 1. The quantitative estimate of drug-likeness (QED) is 0.698. The van der Waals surface area contributed by atoms with Gasteiger partial charge in [0.2, 0.25) is 6.10 Å². The van der Waals surface area contributed by atoms with Crippen LogP contribution in [0.5, 0.6) is 11.5 Å². The summed E-state index contributed by atoms with van der Waals surface area (Å²) in [6, 6.07) is 17.1. The van der Waals surface area contributed by atoms with Crippen LogP contribution in [0, 0.1) is 0 Å². The molecule has 116 valence electrons. The van der Waals surface area contributed by atoms with E-state index in [1.165, 1.54) is 6.21 Å². The maximum Gasteiger partial charge on any atom is 0.284 e. The Bertz CT molecular complexity index is 726. The molecule has 1 N–H and O–H groups in total. The molecule has 0 saturated carbocycles. The fourth-order valence-electron chi connectivity index (χ4n) is 2.08. The van der Waals surface area contributed by atoms with Crippen LogP contribution in [-0.4, -0.2) is 24.8 Å². The number of carbonyl (C=O) groups is 1. The lowest BCUT2D eigenvalue weighted by Crippen LogP contribution is -2.42. The number of benzene rings is 2. The normalized spacial score (nSPS) is 16.6. The Balaban J connectivity index is 1.50. The van der Waals surface area contributed by atoms with Gasteiger partial charge in [-0.2, -0.15) is 5.10 Å². The first kappa shape index (κ1) is 14.8. The van der Waals surface area contributed by atoms with Crippen molar-refractivity contribution >= 4 is 18.2 Å². The van der Waals surface area contributed by atoms with E-state index in [1.807, 2.05) is 48.5 Å². The molecule has 1 heterocycles. The lowest BCUT2D eigenvalue weighted by atomic mass is 10.2. The summed E-state index contributed by atoms with van der Waals surface area (Å²) >= 11 is 0. The number of carbonyl (C=O) groups excluding carboxylic acids is 1. The molecule has 2 aromatic carbocycles. The number of hydrazone groups is 1. The summed E-state index contributed by atoms with van der Waals surface area (Å²) in [5.74, 6) is 0.863. The largest absolute Gasteiger partial charge is 0.485 e. The highest BCUT2D eigenvalue weighted by Crippen LogP contribution is 2.30. The van der Waals surface area contributed by atoms with Crippen LogP contribution in [0.3, 0.4) is 0 Å². The van der Waals surface area contributed by atoms with Crippen molar-refractivity contribution < 1.29 is 14.3 Å². The van der Waals surface area contributed by atoms with Crippen molar-refractivity contribution in [2.24, 2.45) is 5.10 Å². The fraction of sp³-hybridized carbons (Fsp3) is 0.111. The molecule has 0 radical (unpaired) electrons. The minimum absolute atomic E-state index is 0.165. The Hall–Kier alpha value is -3.08. The van der Waals surface area contributed by atoms with E-state index in [4.69, 9.17) is 9.47 Å². The molecule has 1 amide bonds. The van der Waals surface area contributed by atoms with Gasteiger partial charge >= 0.3 is 0 Å². The molecule has 1 atom stereocenters. The molecule has 1 aliphatic rings. The van der Waals surface area contributed by atoms with Gasteiger partial charge in [0.15, 0.2) is 11.5 Å². The van der Waals surface area contributed by atoms with Gasteiger partial charge in [-0.05, 0) is 23.8 Å². The third kappa shape index (κ3) is 3.97. The summed E-state index contributed by atoms with van der Waals surface area (Å²) in [6.07, 6.45) is 4.46. The number of rotatable bonds is 4. The van der Waals surface area contributed by atoms with Crippen LogP contribution in [-0.2, 0) is 4.79 Å². The monoisotopic (exact) mass is 308 g/mol. The summed E-state index contributed by atoms with van der Waals surface area (Å²) in [7, 11) is 0. The summed E-state index contributed by atoms with van der Waals surface area (Å²) in [5.41, 5.74) is 3.50. The van der Waals surface area contributed by atoms with Crippen LogP contribution in [0.15, 0.2) is 65.8 Å². The Kier molecular flexibility index (Phi) is 4.69. The molecule has 0 saturated heterocycles. The molecular formula is C18H16N2O3. The molecule has 0 bridgehead atoms. The molecule has 1 aliphatic heterocycles. The number of nitrogens with zero attached hydrogens (tertiary/aromatic N) is 1. The number of hydrogen-bond donors (Lipinski definition) is 1. The van der Waals surface area contributed by atoms with E-state index in [-0.39, 0.29) is 12.5 Å². The van der Waals surface area contributed by atoms with Gasteiger partial charge in [-0.25, -0.2) is 5.43 Å². The van der Waals surface area contributed by atoms with E-state index in [0.717, 1.165) is 5.56 Å². The van der Waals surface area contributed by atoms with E-state index in [1.54, 1.807) is 18.2 Å². The number of ether oxygens (including phenoxy) is 2. The first-order valence-corrected chi connectivity index (χ1v) is 7.26. The van der Waals surface area contributed by atoms with Gasteiger partial charge in [0.1, 0.15) is 6.61 Å². The van der Waals surface area contributed by atoms with Crippen molar-refractivity contribution in [2.45, 2.75) is 6.10 Å². The lowest BCUT2D eigenvalue weighted by Gasteiger charge is -2.24. The standard InChI is InChI=1S/C18H16N2O3/c21-18(17-13-22-15-10-4-5-11-16(15)23-17)20-19-12-6-9-14-7-2-1-3-8-14/h1-12,17H,13H2,(H,20,21)/b9-6+,19-12+. The summed E-state index contributed by atoms with van der Waals surface area (Å²) in [4.78, 5) is 12.0. The number of nitrogens with one attached hydrogen (secondary N) is 1. The maximum absolute atomic E-state index is 12.0. The van der Waals surface area contributed by atoms with Gasteiger partial charge in [-0.15, -0.1) is 0 Å². The van der Waals surface area contributed by atoms with Crippen LogP contribution in [0.4, 0.5) is 0 Å². The maximum atomic E-state index is 12.0. The Morgan fingerprint density at radius 2 is 1.83 bits per heavy atom. The third-order valence-corrected chi connectivity index (χ3v) is 3.22. The van der Waals surface area contributed by atoms with E-state index < -0.39 is 6.10 Å². The minimum Gasteiger partial charge on any atom is -0.485 e. The smallest absolute Gasteiger partial charge is 0.284 e. The van der Waals surface area contributed by atoms with Crippen LogP contribution >= 0.6 is 0 Å². The molecule has 0 spiro atoms. The van der Waals surface area contributed by atoms with Gasteiger partial charge in [0.25, 0.3) is 5.91 Å². The fourth-order valence-corrected chi connectivity index (χ4v) is 2.08. The van der Waals surface area contributed by atoms with Crippen LogP contribution in [0.2, 0.25) is 0 Å². The zero-order valence-corrected chi connectivity index (χ0v) is 12.4. The SMILES string of the molecule is O=C(N/N=C/C=C/c1ccccc1)C1COc2ccccc2O1. The van der Waals surface area contributed by atoms with Gasteiger partial charge in [0, 0.05) is 6.21 Å². The zero-order valence-electron chi connectivity index (χ0n) is 12.4. The van der Waals surface area contributed by atoms with E-state index in [9.17, 15) is 4.79 Å². The topological polar surface area (TPSA) is 59.9 Å². The highest BCUT2D eigenvalue weighted by Gasteiger charge is 2.26. The van der Waals surface area contributed by atoms with Crippen molar-refractivity contribution in [1.82, 2.24) is 5.43 Å². The molecule has 0 fully saturated rings. The second-order valence-electron chi connectivity index (χ2n) is 4.89. The van der Waals surface area contributed by atoms with Crippen LogP contribution in [0.25, 0.3) is 6.08 Å². The Morgan fingerprint density at radius 1 is 1.09 bits per heavy atom. The van der Waals surface area contributed by atoms with Crippen molar-refractivity contribution in [3.05, 3.63) is 66.2 Å². The average molecular weight is 308 g/mol. The molecule has 23 heavy (non-hydrogen) atoms. The van der Waals surface area contributed by atoms with Gasteiger partial charge in [-0.3, -0.25) is 4.79 Å². The Labute approximate surface area is 134 Å². The molecule has 5 heteroatoms. The third-order valence-electron chi connectivity index (χ3n) is 3.22. The van der Waals surface area contributed by atoms with Crippen LogP contribution in [0.1, 0.15) is 5.56 Å². The van der Waals surface area contributed by atoms with Gasteiger partial charge < -0.3 is 9.47 Å². The summed E-state index contributed by atoms with van der Waals surface area (Å²) in [6.45, 7) is 0.165. The van der Waals surface area contributed by atoms with Crippen molar-refractivity contribution in [3.8, 4) is 11.5 Å². The number of allylic oxidation sites excluding steroid dienone is 1. The second-order valence-corrected chi connectivity index (χ2v) is 4.89. The molecular weight excluding hydrogens is 292 g/mol. The van der Waals surface area contributed by atoms with E-state index in [2.05, 4.69) is 10.5 Å². The predicted octanol–water partition coefficient (Wildman–Crippen LogP) is 2.64. The molecule has 3 rings (SSSR count). The molecule has 0 aromatic heterocycles. The van der Waals surface area contributed by atoms with Crippen molar-refractivity contribution in [2.75, 3.05) is 6.61 Å². The molecule has 0 aliphatic carbocycles. The average Bonchev–Trinajstić information content (AvgIpc) is 2.61. The summed E-state index contributed by atoms with van der Waals surface area (Å²) in [5, 5.41) is 3.87. The summed E-state index contributed by atoms with van der Waals surface area (Å²) < 4.78 is 11.1. The van der Waals surface area contributed by atoms with Crippen molar-refractivity contribution in [1.29, 1.82) is 0 Å². The highest BCUT2D eigenvalue weighted by molar-refractivity contribution is 5.84. The van der Waals surface area contributed by atoms with Crippen LogP contribution < -0.4 is 14.9 Å². The van der Waals surface area contributed by atoms with E-state index >= 15 is 0 Å². The highest BCUT2D eigenvalue weighted by atomic mass is 16.6. The van der Waals surface area contributed by atoms with Gasteiger partial charge in [-0.1, -0.05) is 48.5 Å². The lowest BCUT2D eigenvalue weighted by molar-refractivity contribution is -0.130. The van der Waals surface area contributed by atoms with Gasteiger partial charge in [0.05, 0.1) is 0 Å². The van der Waals surface area contributed by atoms with E-state index in [0.29, 0.717) is 11.5 Å². The first-order chi connectivity index (χ1) is 11.3. The van der Waals surface area contributed by atoms with Crippen molar-refractivity contribution in [3.63, 3.8) is 0 Å². The molecule has 5 nitrogen and oxygen atoms in total. The Morgan fingerprint density at radius 3 is 2.65 bits per heavy atom. The first-order valence-electron chi connectivity index (χ1n) is 7.26.